The number of ether oxygens (including phenoxy) is 1. The molecule has 1 fully saturated rings. The summed E-state index contributed by atoms with van der Waals surface area (Å²) in [6.07, 6.45) is 8.10. The standard InChI is InChI=1S/C12H19NO2/c1-5-10-8-6-7-9-13(10)11(14)15-12(2,3)4/h1,10H,6-9H2,2-4H3/t10-/m1/s1. The molecule has 3 heteroatoms. The van der Waals surface area contributed by atoms with Gasteiger partial charge in [-0.2, -0.15) is 0 Å². The number of rotatable bonds is 0. The van der Waals surface area contributed by atoms with E-state index in [1.807, 2.05) is 20.8 Å². The number of amides is 1. The average Bonchev–Trinajstić information content (AvgIpc) is 2.15. The molecule has 15 heavy (non-hydrogen) atoms. The first kappa shape index (κ1) is 11.9. The minimum atomic E-state index is -0.451. The third-order valence-corrected chi connectivity index (χ3v) is 2.32. The van der Waals surface area contributed by atoms with Gasteiger partial charge < -0.3 is 4.74 Å². The Hall–Kier alpha value is -1.17. The third-order valence-electron chi connectivity index (χ3n) is 2.32. The molecule has 0 aromatic carbocycles. The van der Waals surface area contributed by atoms with Crippen LogP contribution in [0.5, 0.6) is 0 Å². The molecule has 1 atom stereocenters. The van der Waals surface area contributed by atoms with Crippen LogP contribution in [0.2, 0.25) is 0 Å². The Bertz CT molecular complexity index is 272. The Morgan fingerprint density at radius 3 is 2.67 bits per heavy atom. The van der Waals surface area contributed by atoms with Crippen LogP contribution in [-0.2, 0) is 4.74 Å². The van der Waals surface area contributed by atoms with Crippen molar-refractivity contribution >= 4 is 6.09 Å². The molecular formula is C12H19NO2. The second-order valence-electron chi connectivity index (χ2n) is 4.85. The van der Waals surface area contributed by atoms with Crippen LogP contribution >= 0.6 is 0 Å². The fourth-order valence-electron chi connectivity index (χ4n) is 1.64. The SMILES string of the molecule is C#C[C@@H]1CCCCN1C(=O)OC(C)(C)C. The molecule has 1 aliphatic rings. The summed E-state index contributed by atoms with van der Waals surface area (Å²) in [7, 11) is 0. The van der Waals surface area contributed by atoms with E-state index in [1.54, 1.807) is 4.90 Å². The van der Waals surface area contributed by atoms with E-state index in [0.717, 1.165) is 19.3 Å². The highest BCUT2D eigenvalue weighted by atomic mass is 16.6. The van der Waals surface area contributed by atoms with Gasteiger partial charge in [-0.15, -0.1) is 6.42 Å². The smallest absolute Gasteiger partial charge is 0.411 e. The van der Waals surface area contributed by atoms with Gasteiger partial charge in [0.05, 0.1) is 6.04 Å². The summed E-state index contributed by atoms with van der Waals surface area (Å²) >= 11 is 0. The number of hydrogen-bond acceptors (Lipinski definition) is 2. The fourth-order valence-corrected chi connectivity index (χ4v) is 1.64. The maximum atomic E-state index is 11.8. The Morgan fingerprint density at radius 1 is 1.47 bits per heavy atom. The minimum absolute atomic E-state index is 0.0893. The predicted molar refractivity (Wildman–Crippen MR) is 59.4 cm³/mol. The number of carbonyl (C=O) groups is 1. The first-order valence-corrected chi connectivity index (χ1v) is 5.40. The van der Waals surface area contributed by atoms with Crippen LogP contribution in [0.15, 0.2) is 0 Å². The number of hydrogen-bond donors (Lipinski definition) is 0. The minimum Gasteiger partial charge on any atom is -0.444 e. The molecule has 1 heterocycles. The van der Waals surface area contributed by atoms with Crippen molar-refractivity contribution in [3.8, 4) is 12.3 Å². The van der Waals surface area contributed by atoms with Crippen molar-refractivity contribution in [1.82, 2.24) is 4.90 Å². The van der Waals surface area contributed by atoms with E-state index in [1.165, 1.54) is 0 Å². The molecular weight excluding hydrogens is 190 g/mol. The maximum Gasteiger partial charge on any atom is 0.411 e. The van der Waals surface area contributed by atoms with Gasteiger partial charge in [-0.25, -0.2) is 4.79 Å². The second kappa shape index (κ2) is 4.57. The lowest BCUT2D eigenvalue weighted by molar-refractivity contribution is 0.0158. The van der Waals surface area contributed by atoms with E-state index in [4.69, 9.17) is 11.2 Å². The highest BCUT2D eigenvalue weighted by Gasteiger charge is 2.28. The van der Waals surface area contributed by atoms with Crippen molar-refractivity contribution < 1.29 is 9.53 Å². The first-order chi connectivity index (χ1) is 6.94. The van der Waals surface area contributed by atoms with E-state index >= 15 is 0 Å². The second-order valence-corrected chi connectivity index (χ2v) is 4.85. The van der Waals surface area contributed by atoms with E-state index in [9.17, 15) is 4.79 Å². The molecule has 1 rings (SSSR count). The van der Waals surface area contributed by atoms with Crippen molar-refractivity contribution in [2.45, 2.75) is 51.7 Å². The first-order valence-electron chi connectivity index (χ1n) is 5.40. The summed E-state index contributed by atoms with van der Waals surface area (Å²) in [5.74, 6) is 2.65. The van der Waals surface area contributed by atoms with Gasteiger partial charge in [0, 0.05) is 6.54 Å². The Labute approximate surface area is 91.8 Å². The number of carbonyl (C=O) groups excluding carboxylic acids is 1. The van der Waals surface area contributed by atoms with E-state index in [2.05, 4.69) is 5.92 Å². The molecule has 0 aliphatic carbocycles. The molecule has 0 aromatic rings. The zero-order valence-electron chi connectivity index (χ0n) is 9.75. The molecule has 0 bridgehead atoms. The average molecular weight is 209 g/mol. The van der Waals surface area contributed by atoms with Gasteiger partial charge in [-0.05, 0) is 40.0 Å². The molecule has 0 N–H and O–H groups in total. The molecule has 1 saturated heterocycles. The number of piperidine rings is 1. The maximum absolute atomic E-state index is 11.8. The lowest BCUT2D eigenvalue weighted by Crippen LogP contribution is -2.45. The Kier molecular flexibility index (Phi) is 3.62. The normalized spacial score (nSPS) is 22.0. The Balaban J connectivity index is 2.61. The Morgan fingerprint density at radius 2 is 2.13 bits per heavy atom. The van der Waals surface area contributed by atoms with E-state index in [-0.39, 0.29) is 12.1 Å². The molecule has 0 radical (unpaired) electrons. The molecule has 0 saturated carbocycles. The van der Waals surface area contributed by atoms with Gasteiger partial charge in [0.2, 0.25) is 0 Å². The van der Waals surface area contributed by atoms with Crippen molar-refractivity contribution in [2.75, 3.05) is 6.54 Å². The van der Waals surface area contributed by atoms with Gasteiger partial charge in [0.1, 0.15) is 5.60 Å². The highest BCUT2D eigenvalue weighted by molar-refractivity contribution is 5.69. The zero-order valence-corrected chi connectivity index (χ0v) is 9.75. The van der Waals surface area contributed by atoms with Gasteiger partial charge in [-0.3, -0.25) is 4.90 Å². The van der Waals surface area contributed by atoms with Crippen LogP contribution in [0.3, 0.4) is 0 Å². The van der Waals surface area contributed by atoms with Crippen LogP contribution in [0.4, 0.5) is 4.79 Å². The van der Waals surface area contributed by atoms with Crippen LogP contribution in [0, 0.1) is 12.3 Å². The monoisotopic (exact) mass is 209 g/mol. The van der Waals surface area contributed by atoms with E-state index in [0.29, 0.717) is 6.54 Å². The quantitative estimate of drug-likeness (QED) is 0.573. The number of likely N-dealkylation sites (tertiary alicyclic amines) is 1. The lowest BCUT2D eigenvalue weighted by Gasteiger charge is -2.34. The summed E-state index contributed by atoms with van der Waals surface area (Å²) < 4.78 is 5.30. The highest BCUT2D eigenvalue weighted by Crippen LogP contribution is 2.19. The van der Waals surface area contributed by atoms with Crippen molar-refractivity contribution in [3.05, 3.63) is 0 Å². The van der Waals surface area contributed by atoms with Crippen LogP contribution in [-0.4, -0.2) is 29.2 Å². The summed E-state index contributed by atoms with van der Waals surface area (Å²) in [6, 6.07) is -0.0893. The predicted octanol–water partition coefficient (Wildman–Crippen LogP) is 2.41. The molecule has 0 spiro atoms. The van der Waals surface area contributed by atoms with Crippen molar-refractivity contribution in [1.29, 1.82) is 0 Å². The number of terminal acetylenes is 1. The molecule has 3 nitrogen and oxygen atoms in total. The molecule has 0 aromatic heterocycles. The lowest BCUT2D eigenvalue weighted by atomic mass is 10.0. The summed E-state index contributed by atoms with van der Waals surface area (Å²) in [6.45, 7) is 6.29. The summed E-state index contributed by atoms with van der Waals surface area (Å²) in [5, 5.41) is 0. The van der Waals surface area contributed by atoms with E-state index < -0.39 is 5.60 Å². The van der Waals surface area contributed by atoms with Crippen molar-refractivity contribution in [2.24, 2.45) is 0 Å². The van der Waals surface area contributed by atoms with Gasteiger partial charge in [-0.1, -0.05) is 5.92 Å². The fraction of sp³-hybridized carbons (Fsp3) is 0.750. The number of nitrogens with zero attached hydrogens (tertiary/aromatic N) is 1. The zero-order chi connectivity index (χ0) is 11.5. The molecule has 0 unspecified atom stereocenters. The van der Waals surface area contributed by atoms with Crippen LogP contribution < -0.4 is 0 Å². The molecule has 1 aliphatic heterocycles. The summed E-state index contributed by atoms with van der Waals surface area (Å²) in [4.78, 5) is 13.5. The van der Waals surface area contributed by atoms with Gasteiger partial charge in [0.15, 0.2) is 0 Å². The topological polar surface area (TPSA) is 29.5 Å². The largest absolute Gasteiger partial charge is 0.444 e. The summed E-state index contributed by atoms with van der Waals surface area (Å²) in [5.41, 5.74) is -0.451. The van der Waals surface area contributed by atoms with Gasteiger partial charge in [0.25, 0.3) is 0 Å². The molecule has 84 valence electrons. The molecule has 1 amide bonds. The van der Waals surface area contributed by atoms with Gasteiger partial charge >= 0.3 is 6.09 Å². The van der Waals surface area contributed by atoms with Crippen molar-refractivity contribution in [3.63, 3.8) is 0 Å². The third kappa shape index (κ3) is 3.47. The van der Waals surface area contributed by atoms with Crippen LogP contribution in [0.1, 0.15) is 40.0 Å². The van der Waals surface area contributed by atoms with Crippen LogP contribution in [0.25, 0.3) is 0 Å².